The predicted molar refractivity (Wildman–Crippen MR) is 70.2 cm³/mol. The summed E-state index contributed by atoms with van der Waals surface area (Å²) < 4.78 is 12.7. The van der Waals surface area contributed by atoms with Gasteiger partial charge in [-0.1, -0.05) is 18.2 Å². The quantitative estimate of drug-likeness (QED) is 0.668. The molecule has 92 valence electrons. The van der Waals surface area contributed by atoms with Gasteiger partial charge in [0.1, 0.15) is 5.82 Å². The number of rotatable bonds is 4. The van der Waals surface area contributed by atoms with E-state index >= 15 is 0 Å². The van der Waals surface area contributed by atoms with E-state index in [9.17, 15) is 9.18 Å². The molecule has 0 saturated carbocycles. The molecule has 0 saturated heterocycles. The number of amides is 1. The van der Waals surface area contributed by atoms with Crippen LogP contribution in [0.3, 0.4) is 0 Å². The van der Waals surface area contributed by atoms with Crippen molar-refractivity contribution in [3.8, 4) is 0 Å². The maximum absolute atomic E-state index is 12.7. The Morgan fingerprint density at radius 2 is 2.11 bits per heavy atom. The number of benzene rings is 1. The molecule has 1 heterocycles. The second kappa shape index (κ2) is 6.07. The molecule has 0 atom stereocenters. The van der Waals surface area contributed by atoms with E-state index in [1.54, 1.807) is 18.3 Å². The highest BCUT2D eigenvalue weighted by Gasteiger charge is 2.01. The van der Waals surface area contributed by atoms with Crippen molar-refractivity contribution in [2.75, 3.05) is 0 Å². The lowest BCUT2D eigenvalue weighted by molar-refractivity contribution is -0.120. The van der Waals surface area contributed by atoms with Crippen LogP contribution >= 0.6 is 11.3 Å². The molecule has 1 N–H and O–H groups in total. The third-order valence-corrected chi connectivity index (χ3v) is 3.01. The van der Waals surface area contributed by atoms with Gasteiger partial charge in [-0.05, 0) is 29.1 Å². The molecule has 0 bridgehead atoms. The fourth-order valence-corrected chi connectivity index (χ4v) is 1.94. The highest BCUT2D eigenvalue weighted by molar-refractivity contribution is 7.11. The fourth-order valence-electron chi connectivity index (χ4n) is 1.36. The number of nitrogens with one attached hydrogen (secondary N) is 1. The van der Waals surface area contributed by atoms with Gasteiger partial charge < -0.3 is 0 Å². The first kappa shape index (κ1) is 12.4. The first-order valence-corrected chi connectivity index (χ1v) is 6.22. The van der Waals surface area contributed by atoms with Crippen molar-refractivity contribution in [2.24, 2.45) is 5.10 Å². The van der Waals surface area contributed by atoms with Crippen LogP contribution in [0.15, 0.2) is 46.9 Å². The van der Waals surface area contributed by atoms with Gasteiger partial charge in [-0.25, -0.2) is 9.82 Å². The molecule has 0 fully saturated rings. The molecule has 1 aromatic heterocycles. The van der Waals surface area contributed by atoms with Crippen LogP contribution in [-0.4, -0.2) is 12.1 Å². The van der Waals surface area contributed by atoms with Crippen molar-refractivity contribution in [3.63, 3.8) is 0 Å². The summed E-state index contributed by atoms with van der Waals surface area (Å²) in [5, 5.41) is 5.77. The molecule has 2 rings (SSSR count). The van der Waals surface area contributed by atoms with E-state index in [-0.39, 0.29) is 18.1 Å². The number of carbonyl (C=O) groups excluding carboxylic acids is 1. The minimum Gasteiger partial charge on any atom is -0.273 e. The van der Waals surface area contributed by atoms with E-state index in [4.69, 9.17) is 0 Å². The largest absolute Gasteiger partial charge is 0.273 e. The Morgan fingerprint density at radius 1 is 1.33 bits per heavy atom. The van der Waals surface area contributed by atoms with E-state index in [0.29, 0.717) is 0 Å². The Balaban J connectivity index is 1.84. The van der Waals surface area contributed by atoms with Crippen LogP contribution in [0.2, 0.25) is 0 Å². The van der Waals surface area contributed by atoms with Gasteiger partial charge in [-0.3, -0.25) is 4.79 Å². The van der Waals surface area contributed by atoms with E-state index < -0.39 is 0 Å². The predicted octanol–water partition coefficient (Wildman–Crippen LogP) is 2.58. The first-order chi connectivity index (χ1) is 8.74. The zero-order chi connectivity index (χ0) is 12.8. The minimum atomic E-state index is -0.310. The molecule has 0 unspecified atom stereocenters. The average molecular weight is 262 g/mol. The molecule has 3 nitrogen and oxygen atoms in total. The summed E-state index contributed by atoms with van der Waals surface area (Å²) in [6.07, 6.45) is 1.77. The van der Waals surface area contributed by atoms with Crippen molar-refractivity contribution in [1.82, 2.24) is 5.43 Å². The molecule has 5 heteroatoms. The van der Waals surface area contributed by atoms with E-state index in [1.165, 1.54) is 23.5 Å². The number of halogens is 1. The van der Waals surface area contributed by atoms with E-state index in [1.807, 2.05) is 17.5 Å². The normalized spacial score (nSPS) is 10.7. The third-order valence-electron chi connectivity index (χ3n) is 2.20. The zero-order valence-corrected chi connectivity index (χ0v) is 10.3. The number of hydrazone groups is 1. The minimum absolute atomic E-state index is 0.183. The summed E-state index contributed by atoms with van der Waals surface area (Å²) in [7, 11) is 0. The number of nitrogens with zero attached hydrogens (tertiary/aromatic N) is 1. The smallest absolute Gasteiger partial charge is 0.244 e. The molecule has 1 aromatic carbocycles. The Bertz CT molecular complexity index is 535. The summed E-state index contributed by atoms with van der Waals surface area (Å²) in [5.74, 6) is -0.538. The number of carbonyl (C=O) groups is 1. The van der Waals surface area contributed by atoms with Gasteiger partial charge in [0.25, 0.3) is 0 Å². The van der Waals surface area contributed by atoms with Gasteiger partial charge in [0, 0.05) is 4.88 Å². The van der Waals surface area contributed by atoms with Crippen LogP contribution in [0.4, 0.5) is 4.39 Å². The highest BCUT2D eigenvalue weighted by Crippen LogP contribution is 2.05. The van der Waals surface area contributed by atoms with Crippen LogP contribution in [0.5, 0.6) is 0 Å². The van der Waals surface area contributed by atoms with Crippen LogP contribution in [-0.2, 0) is 11.2 Å². The molecule has 0 aliphatic heterocycles. The van der Waals surface area contributed by atoms with Crippen molar-refractivity contribution >= 4 is 23.5 Å². The molecule has 0 spiro atoms. The molecule has 2 aromatic rings. The van der Waals surface area contributed by atoms with Gasteiger partial charge in [-0.2, -0.15) is 5.10 Å². The van der Waals surface area contributed by atoms with Crippen molar-refractivity contribution in [1.29, 1.82) is 0 Å². The van der Waals surface area contributed by atoms with Gasteiger partial charge in [0.15, 0.2) is 0 Å². The lowest BCUT2D eigenvalue weighted by Crippen LogP contribution is -2.19. The van der Waals surface area contributed by atoms with Gasteiger partial charge in [0.05, 0.1) is 12.6 Å². The monoisotopic (exact) mass is 262 g/mol. The van der Waals surface area contributed by atoms with Crippen LogP contribution in [0.1, 0.15) is 10.4 Å². The SMILES string of the molecule is O=C(Cc1ccc(F)cc1)N/N=C\c1cccs1. The summed E-state index contributed by atoms with van der Waals surface area (Å²) in [4.78, 5) is 12.5. The Morgan fingerprint density at radius 3 is 2.78 bits per heavy atom. The highest BCUT2D eigenvalue weighted by atomic mass is 32.1. The molecule has 0 aliphatic rings. The fraction of sp³-hybridized carbons (Fsp3) is 0.0769. The van der Waals surface area contributed by atoms with Crippen LogP contribution < -0.4 is 5.43 Å². The standard InChI is InChI=1S/C13H11FN2OS/c14-11-5-3-10(4-6-11)8-13(17)16-15-9-12-2-1-7-18-12/h1-7,9H,8H2,(H,16,17)/b15-9-. The first-order valence-electron chi connectivity index (χ1n) is 5.34. The maximum Gasteiger partial charge on any atom is 0.244 e. The molecule has 18 heavy (non-hydrogen) atoms. The Kier molecular flexibility index (Phi) is 4.20. The molecule has 1 amide bonds. The molecule has 0 aliphatic carbocycles. The van der Waals surface area contributed by atoms with Crippen molar-refractivity contribution in [3.05, 3.63) is 58.0 Å². The molecular weight excluding hydrogens is 251 g/mol. The van der Waals surface area contributed by atoms with Crippen molar-refractivity contribution < 1.29 is 9.18 Å². The number of hydrogen-bond donors (Lipinski definition) is 1. The van der Waals surface area contributed by atoms with Crippen molar-refractivity contribution in [2.45, 2.75) is 6.42 Å². The topological polar surface area (TPSA) is 41.5 Å². The maximum atomic E-state index is 12.7. The van der Waals surface area contributed by atoms with Crippen LogP contribution in [0.25, 0.3) is 0 Å². The average Bonchev–Trinajstić information content (AvgIpc) is 2.85. The third kappa shape index (κ3) is 3.78. The lowest BCUT2D eigenvalue weighted by atomic mass is 10.1. The second-order valence-corrected chi connectivity index (χ2v) is 4.59. The Labute approximate surface area is 108 Å². The zero-order valence-electron chi connectivity index (χ0n) is 9.47. The van der Waals surface area contributed by atoms with Gasteiger partial charge >= 0.3 is 0 Å². The van der Waals surface area contributed by atoms with Crippen LogP contribution in [0, 0.1) is 5.82 Å². The molecular formula is C13H11FN2OS. The van der Waals surface area contributed by atoms with E-state index in [2.05, 4.69) is 10.5 Å². The van der Waals surface area contributed by atoms with E-state index in [0.717, 1.165) is 10.4 Å². The molecule has 0 radical (unpaired) electrons. The van der Waals surface area contributed by atoms with Gasteiger partial charge in [0.2, 0.25) is 5.91 Å². The second-order valence-electron chi connectivity index (χ2n) is 3.61. The summed E-state index contributed by atoms with van der Waals surface area (Å²) in [6.45, 7) is 0. The lowest BCUT2D eigenvalue weighted by Gasteiger charge is -1.99. The number of hydrogen-bond acceptors (Lipinski definition) is 3. The summed E-state index contributed by atoms with van der Waals surface area (Å²) >= 11 is 1.54. The Hall–Kier alpha value is -2.01. The summed E-state index contributed by atoms with van der Waals surface area (Å²) in [6, 6.07) is 9.64. The summed E-state index contributed by atoms with van der Waals surface area (Å²) in [5.41, 5.74) is 3.18. The number of thiophene rings is 1. The van der Waals surface area contributed by atoms with Gasteiger partial charge in [-0.15, -0.1) is 11.3 Å².